The van der Waals surface area contributed by atoms with E-state index in [9.17, 15) is 18.0 Å². The second-order valence-electron chi connectivity index (χ2n) is 3.38. The van der Waals surface area contributed by atoms with Crippen LogP contribution in [0.4, 0.5) is 13.2 Å². The number of hydrogen-bond acceptors (Lipinski definition) is 3. The summed E-state index contributed by atoms with van der Waals surface area (Å²) in [4.78, 5) is 14.6. The van der Waals surface area contributed by atoms with Gasteiger partial charge >= 0.3 is 5.97 Å². The molecule has 0 amide bonds. The molecule has 1 aromatic heterocycles. The van der Waals surface area contributed by atoms with Crippen LogP contribution in [-0.4, -0.2) is 17.6 Å². The Morgan fingerprint density at radius 2 is 2.22 bits per heavy atom. The molecule has 0 spiro atoms. The highest BCUT2D eigenvalue weighted by molar-refractivity contribution is 6.17. The zero-order valence-corrected chi connectivity index (χ0v) is 10.3. The minimum absolute atomic E-state index is 0.124. The van der Waals surface area contributed by atoms with E-state index in [1.165, 1.54) is 0 Å². The van der Waals surface area contributed by atoms with Crippen LogP contribution in [0, 0.1) is 5.95 Å². The zero-order chi connectivity index (χ0) is 13.7. The van der Waals surface area contributed by atoms with Crippen LogP contribution in [0.1, 0.15) is 30.2 Å². The van der Waals surface area contributed by atoms with Crippen molar-refractivity contribution in [1.29, 1.82) is 0 Å². The summed E-state index contributed by atoms with van der Waals surface area (Å²) in [5.41, 5.74) is -0.906. The second kappa shape index (κ2) is 6.58. The smallest absolute Gasteiger partial charge is 0.310 e. The summed E-state index contributed by atoms with van der Waals surface area (Å²) >= 11 is 5.44. The zero-order valence-electron chi connectivity index (χ0n) is 9.55. The van der Waals surface area contributed by atoms with Crippen molar-refractivity contribution in [3.63, 3.8) is 0 Å². The van der Waals surface area contributed by atoms with Gasteiger partial charge in [0, 0.05) is 5.56 Å². The lowest BCUT2D eigenvalue weighted by Crippen LogP contribution is -2.12. The number of esters is 1. The molecule has 0 radical (unpaired) electrons. The Bertz CT molecular complexity index is 441. The number of hydrogen-bond donors (Lipinski definition) is 0. The van der Waals surface area contributed by atoms with Crippen LogP contribution in [-0.2, 0) is 21.8 Å². The number of halogens is 4. The highest BCUT2D eigenvalue weighted by Crippen LogP contribution is 2.28. The average molecular weight is 282 g/mol. The summed E-state index contributed by atoms with van der Waals surface area (Å²) in [6.07, 6.45) is -3.31. The number of carbonyl (C=O) groups excluding carboxylic acids is 1. The van der Waals surface area contributed by atoms with Gasteiger partial charge in [0.2, 0.25) is 5.95 Å². The van der Waals surface area contributed by atoms with E-state index in [1.54, 1.807) is 6.92 Å². The van der Waals surface area contributed by atoms with E-state index in [1.807, 2.05) is 0 Å². The Balaban J connectivity index is 3.15. The fraction of sp³-hybridized carbons (Fsp3) is 0.455. The standard InChI is InChI=1S/C11H11ClF3NO2/c1-2-18-9(17)4-6-3-8(13)16-7(5-12)10(6)11(14)15/h3,11H,2,4-5H2,1H3. The molecule has 0 saturated heterocycles. The van der Waals surface area contributed by atoms with Crippen molar-refractivity contribution in [3.8, 4) is 0 Å². The van der Waals surface area contributed by atoms with Gasteiger partial charge < -0.3 is 4.74 Å². The third kappa shape index (κ3) is 3.60. The third-order valence-corrected chi connectivity index (χ3v) is 2.43. The number of ether oxygens (including phenoxy) is 1. The maximum Gasteiger partial charge on any atom is 0.310 e. The SMILES string of the molecule is CCOC(=O)Cc1cc(F)nc(CCl)c1C(F)F. The summed E-state index contributed by atoms with van der Waals surface area (Å²) in [7, 11) is 0. The van der Waals surface area contributed by atoms with Crippen molar-refractivity contribution in [1.82, 2.24) is 4.98 Å². The molecule has 0 saturated carbocycles. The van der Waals surface area contributed by atoms with Crippen LogP contribution in [0.5, 0.6) is 0 Å². The Morgan fingerprint density at radius 3 is 2.72 bits per heavy atom. The van der Waals surface area contributed by atoms with Gasteiger partial charge in [-0.25, -0.2) is 13.8 Å². The Kier molecular flexibility index (Phi) is 5.40. The van der Waals surface area contributed by atoms with Gasteiger partial charge in [-0.3, -0.25) is 4.79 Å². The highest BCUT2D eigenvalue weighted by atomic mass is 35.5. The van der Waals surface area contributed by atoms with Gasteiger partial charge in [0.05, 0.1) is 24.6 Å². The highest BCUT2D eigenvalue weighted by Gasteiger charge is 2.22. The molecular formula is C11H11ClF3NO2. The van der Waals surface area contributed by atoms with Gasteiger partial charge in [-0.05, 0) is 18.6 Å². The Labute approximate surface area is 107 Å². The first-order chi connectivity index (χ1) is 8.49. The first-order valence-electron chi connectivity index (χ1n) is 5.17. The maximum absolute atomic E-state index is 13.1. The van der Waals surface area contributed by atoms with Crippen molar-refractivity contribution in [3.05, 3.63) is 28.8 Å². The van der Waals surface area contributed by atoms with E-state index in [0.717, 1.165) is 6.07 Å². The summed E-state index contributed by atoms with van der Waals surface area (Å²) in [6.45, 7) is 1.71. The number of alkyl halides is 3. The van der Waals surface area contributed by atoms with E-state index in [-0.39, 0.29) is 23.7 Å². The molecule has 0 atom stereocenters. The number of carbonyl (C=O) groups is 1. The molecule has 0 aromatic carbocycles. The second-order valence-corrected chi connectivity index (χ2v) is 3.65. The van der Waals surface area contributed by atoms with Gasteiger partial charge in [0.15, 0.2) is 0 Å². The molecule has 0 fully saturated rings. The molecule has 0 unspecified atom stereocenters. The molecule has 0 aliphatic heterocycles. The van der Waals surface area contributed by atoms with Crippen molar-refractivity contribution in [2.75, 3.05) is 6.61 Å². The van der Waals surface area contributed by atoms with Crippen LogP contribution in [0.3, 0.4) is 0 Å². The van der Waals surface area contributed by atoms with Crippen molar-refractivity contribution in [2.24, 2.45) is 0 Å². The van der Waals surface area contributed by atoms with Gasteiger partial charge in [-0.2, -0.15) is 4.39 Å². The van der Waals surface area contributed by atoms with E-state index in [0.29, 0.717) is 0 Å². The maximum atomic E-state index is 13.1. The van der Waals surface area contributed by atoms with Crippen LogP contribution >= 0.6 is 11.6 Å². The number of nitrogens with zero attached hydrogens (tertiary/aromatic N) is 1. The molecule has 7 heteroatoms. The van der Waals surface area contributed by atoms with Crippen molar-refractivity contribution < 1.29 is 22.7 Å². The van der Waals surface area contributed by atoms with E-state index < -0.39 is 30.3 Å². The molecule has 0 aliphatic rings. The normalized spacial score (nSPS) is 10.8. The molecule has 0 N–H and O–H groups in total. The van der Waals surface area contributed by atoms with Crippen LogP contribution in [0.15, 0.2) is 6.07 Å². The number of rotatable bonds is 5. The molecule has 3 nitrogen and oxygen atoms in total. The molecular weight excluding hydrogens is 271 g/mol. The molecule has 1 rings (SSSR count). The van der Waals surface area contributed by atoms with Gasteiger partial charge in [-0.15, -0.1) is 11.6 Å². The van der Waals surface area contributed by atoms with Crippen molar-refractivity contribution in [2.45, 2.75) is 25.7 Å². The average Bonchev–Trinajstić information content (AvgIpc) is 2.27. The van der Waals surface area contributed by atoms with Crippen molar-refractivity contribution >= 4 is 17.6 Å². The molecule has 0 aliphatic carbocycles. The monoisotopic (exact) mass is 281 g/mol. The molecule has 100 valence electrons. The molecule has 0 bridgehead atoms. The van der Waals surface area contributed by atoms with Crippen LogP contribution < -0.4 is 0 Å². The minimum atomic E-state index is -2.88. The summed E-state index contributed by atoms with van der Waals surface area (Å²) in [6, 6.07) is 0.800. The topological polar surface area (TPSA) is 39.2 Å². The fourth-order valence-electron chi connectivity index (χ4n) is 1.51. The lowest BCUT2D eigenvalue weighted by molar-refractivity contribution is -0.142. The fourth-order valence-corrected chi connectivity index (χ4v) is 1.71. The number of aromatic nitrogens is 1. The van der Waals surface area contributed by atoms with Crippen LogP contribution in [0.2, 0.25) is 0 Å². The molecule has 1 heterocycles. The molecule has 18 heavy (non-hydrogen) atoms. The number of pyridine rings is 1. The summed E-state index contributed by atoms with van der Waals surface area (Å²) < 4.78 is 43.5. The minimum Gasteiger partial charge on any atom is -0.466 e. The van der Waals surface area contributed by atoms with Gasteiger partial charge in [0.1, 0.15) is 0 Å². The van der Waals surface area contributed by atoms with Crippen LogP contribution in [0.25, 0.3) is 0 Å². The predicted octanol–water partition coefficient (Wildman–Crippen LogP) is 3.00. The lowest BCUT2D eigenvalue weighted by atomic mass is 10.0. The van der Waals surface area contributed by atoms with E-state index in [2.05, 4.69) is 9.72 Å². The quantitative estimate of drug-likeness (QED) is 0.473. The van der Waals surface area contributed by atoms with E-state index in [4.69, 9.17) is 11.6 Å². The summed E-state index contributed by atoms with van der Waals surface area (Å²) in [5, 5.41) is 0. The lowest BCUT2D eigenvalue weighted by Gasteiger charge is -2.12. The Morgan fingerprint density at radius 1 is 1.56 bits per heavy atom. The first kappa shape index (κ1) is 14.8. The van der Waals surface area contributed by atoms with Gasteiger partial charge in [-0.1, -0.05) is 0 Å². The first-order valence-corrected chi connectivity index (χ1v) is 5.71. The summed E-state index contributed by atoms with van der Waals surface area (Å²) in [5.74, 6) is -2.01. The largest absolute Gasteiger partial charge is 0.466 e. The molecule has 1 aromatic rings. The third-order valence-electron chi connectivity index (χ3n) is 2.18. The Hall–Kier alpha value is -1.30. The predicted molar refractivity (Wildman–Crippen MR) is 59.0 cm³/mol. The van der Waals surface area contributed by atoms with E-state index >= 15 is 0 Å². The van der Waals surface area contributed by atoms with Gasteiger partial charge in [0.25, 0.3) is 6.43 Å².